The number of allylic oxidation sites excluding steroid dienone is 2. The van der Waals surface area contributed by atoms with E-state index in [1.165, 1.54) is 0 Å². The molecule has 0 spiro atoms. The van der Waals surface area contributed by atoms with Gasteiger partial charge in [-0.3, -0.25) is 9.59 Å². The maximum absolute atomic E-state index is 11.5. The summed E-state index contributed by atoms with van der Waals surface area (Å²) < 4.78 is 0. The highest BCUT2D eigenvalue weighted by Crippen LogP contribution is 2.38. The van der Waals surface area contributed by atoms with E-state index in [0.717, 1.165) is 6.42 Å². The van der Waals surface area contributed by atoms with Gasteiger partial charge in [0.25, 0.3) is 0 Å². The topological polar surface area (TPSA) is 54.4 Å². The highest BCUT2D eigenvalue weighted by atomic mass is 16.4. The molecule has 1 aliphatic carbocycles. The van der Waals surface area contributed by atoms with E-state index in [1.54, 1.807) is 0 Å². The molecule has 3 atom stereocenters. The van der Waals surface area contributed by atoms with Crippen molar-refractivity contribution >= 4 is 11.8 Å². The average molecular weight is 210 g/mol. The summed E-state index contributed by atoms with van der Waals surface area (Å²) in [5.41, 5.74) is 0. The van der Waals surface area contributed by atoms with Crippen molar-refractivity contribution in [3.63, 3.8) is 0 Å². The Morgan fingerprint density at radius 3 is 2.80 bits per heavy atom. The molecule has 15 heavy (non-hydrogen) atoms. The molecular weight excluding hydrogens is 192 g/mol. The molecule has 0 aromatic rings. The van der Waals surface area contributed by atoms with E-state index in [0.29, 0.717) is 6.42 Å². The summed E-state index contributed by atoms with van der Waals surface area (Å²) in [6.45, 7) is 3.85. The van der Waals surface area contributed by atoms with E-state index in [2.05, 4.69) is 0 Å². The molecule has 0 radical (unpaired) electrons. The largest absolute Gasteiger partial charge is 0.481 e. The first-order valence-electron chi connectivity index (χ1n) is 5.42. The maximum Gasteiger partial charge on any atom is 0.303 e. The van der Waals surface area contributed by atoms with Gasteiger partial charge in [-0.15, -0.1) is 0 Å². The van der Waals surface area contributed by atoms with Crippen molar-refractivity contribution in [2.45, 2.75) is 33.1 Å². The van der Waals surface area contributed by atoms with Gasteiger partial charge in [0.1, 0.15) is 5.78 Å². The molecule has 1 aliphatic rings. The third kappa shape index (κ3) is 2.91. The van der Waals surface area contributed by atoms with Crippen molar-refractivity contribution in [3.05, 3.63) is 12.2 Å². The molecule has 0 saturated heterocycles. The average Bonchev–Trinajstić information content (AvgIpc) is 2.40. The van der Waals surface area contributed by atoms with Crippen molar-refractivity contribution in [2.24, 2.45) is 17.8 Å². The van der Waals surface area contributed by atoms with Crippen molar-refractivity contribution in [2.75, 3.05) is 0 Å². The second-order valence-corrected chi connectivity index (χ2v) is 4.29. The molecule has 0 aliphatic heterocycles. The van der Waals surface area contributed by atoms with Gasteiger partial charge in [-0.05, 0) is 25.2 Å². The Bertz CT molecular complexity index is 279. The molecule has 3 heteroatoms. The van der Waals surface area contributed by atoms with E-state index < -0.39 is 5.97 Å². The number of hydrogen-bond acceptors (Lipinski definition) is 2. The molecule has 0 heterocycles. The van der Waals surface area contributed by atoms with Crippen molar-refractivity contribution < 1.29 is 14.7 Å². The normalized spacial score (nSPS) is 31.3. The number of aliphatic carboxylic acids is 1. The van der Waals surface area contributed by atoms with Gasteiger partial charge in [0, 0.05) is 18.8 Å². The lowest BCUT2D eigenvalue weighted by atomic mass is 9.85. The van der Waals surface area contributed by atoms with Crippen LogP contribution < -0.4 is 0 Å². The standard InChI is InChI=1S/C12H18O3/c1-3-4-5-10-8(2)11(13)6-9(10)7-12(14)15/h3-4,8-10H,5-7H2,1-2H3,(H,14,15)/b4-3-. The lowest BCUT2D eigenvalue weighted by Crippen LogP contribution is -2.16. The Balaban J connectivity index is 2.67. The Morgan fingerprint density at radius 2 is 2.27 bits per heavy atom. The lowest BCUT2D eigenvalue weighted by molar-refractivity contribution is -0.138. The molecule has 0 amide bonds. The molecule has 1 saturated carbocycles. The fourth-order valence-electron chi connectivity index (χ4n) is 2.38. The zero-order valence-electron chi connectivity index (χ0n) is 9.27. The number of carboxylic acids is 1. The van der Waals surface area contributed by atoms with Crippen LogP contribution in [0.3, 0.4) is 0 Å². The van der Waals surface area contributed by atoms with Gasteiger partial charge in [-0.25, -0.2) is 0 Å². The van der Waals surface area contributed by atoms with Gasteiger partial charge in [0.15, 0.2) is 0 Å². The lowest BCUT2D eigenvalue weighted by Gasteiger charge is -2.18. The van der Waals surface area contributed by atoms with Crippen LogP contribution in [0.15, 0.2) is 12.2 Å². The first kappa shape index (κ1) is 12.0. The van der Waals surface area contributed by atoms with Crippen LogP contribution in [0.2, 0.25) is 0 Å². The molecular formula is C12H18O3. The van der Waals surface area contributed by atoms with Gasteiger partial charge in [-0.2, -0.15) is 0 Å². The summed E-state index contributed by atoms with van der Waals surface area (Å²) in [7, 11) is 0. The highest BCUT2D eigenvalue weighted by Gasteiger charge is 2.39. The molecule has 0 aromatic heterocycles. The van der Waals surface area contributed by atoms with E-state index in [4.69, 9.17) is 5.11 Å². The van der Waals surface area contributed by atoms with Crippen LogP contribution >= 0.6 is 0 Å². The summed E-state index contributed by atoms with van der Waals surface area (Å²) in [5, 5.41) is 8.76. The summed E-state index contributed by atoms with van der Waals surface area (Å²) in [4.78, 5) is 22.2. The summed E-state index contributed by atoms with van der Waals surface area (Å²) >= 11 is 0. The highest BCUT2D eigenvalue weighted by molar-refractivity contribution is 5.84. The molecule has 0 bridgehead atoms. The fraction of sp³-hybridized carbons (Fsp3) is 0.667. The van der Waals surface area contributed by atoms with Gasteiger partial charge < -0.3 is 5.11 Å². The van der Waals surface area contributed by atoms with E-state index in [9.17, 15) is 9.59 Å². The summed E-state index contributed by atoms with van der Waals surface area (Å²) in [6.07, 6.45) is 5.36. The molecule has 84 valence electrons. The molecule has 3 nitrogen and oxygen atoms in total. The predicted molar refractivity (Wildman–Crippen MR) is 57.5 cm³/mol. The maximum atomic E-state index is 11.5. The van der Waals surface area contributed by atoms with Crippen LogP contribution in [0.5, 0.6) is 0 Å². The Hall–Kier alpha value is -1.12. The first-order chi connectivity index (χ1) is 7.06. The van der Waals surface area contributed by atoms with E-state index in [-0.39, 0.29) is 30.0 Å². The number of carbonyl (C=O) groups excluding carboxylic acids is 1. The predicted octanol–water partition coefficient (Wildman–Crippen LogP) is 2.27. The van der Waals surface area contributed by atoms with Crippen LogP contribution in [0.1, 0.15) is 33.1 Å². The SMILES string of the molecule is C/C=C\CC1C(CC(=O)O)CC(=O)C1C. The van der Waals surface area contributed by atoms with Gasteiger partial charge >= 0.3 is 5.97 Å². The molecule has 3 unspecified atom stereocenters. The van der Waals surface area contributed by atoms with Gasteiger partial charge in [0.05, 0.1) is 0 Å². The van der Waals surface area contributed by atoms with E-state index >= 15 is 0 Å². The second kappa shape index (κ2) is 5.10. The fourth-order valence-corrected chi connectivity index (χ4v) is 2.38. The number of ketones is 1. The Kier molecular flexibility index (Phi) is 4.06. The van der Waals surface area contributed by atoms with Crippen LogP contribution in [0.25, 0.3) is 0 Å². The third-order valence-electron chi connectivity index (χ3n) is 3.30. The first-order valence-corrected chi connectivity index (χ1v) is 5.42. The zero-order chi connectivity index (χ0) is 11.4. The summed E-state index contributed by atoms with van der Waals surface area (Å²) in [5.74, 6) is -0.320. The summed E-state index contributed by atoms with van der Waals surface area (Å²) in [6, 6.07) is 0. The Morgan fingerprint density at radius 1 is 1.60 bits per heavy atom. The van der Waals surface area contributed by atoms with Crippen molar-refractivity contribution in [3.8, 4) is 0 Å². The number of Topliss-reactive ketones (excluding diaryl/α,β-unsaturated/α-hetero) is 1. The minimum Gasteiger partial charge on any atom is -0.481 e. The van der Waals surface area contributed by atoms with Crippen LogP contribution in [0.4, 0.5) is 0 Å². The van der Waals surface area contributed by atoms with Gasteiger partial charge in [-0.1, -0.05) is 19.1 Å². The van der Waals surface area contributed by atoms with Crippen molar-refractivity contribution in [1.82, 2.24) is 0 Å². The Labute approximate surface area is 90.2 Å². The minimum atomic E-state index is -0.799. The molecule has 1 fully saturated rings. The van der Waals surface area contributed by atoms with Crippen LogP contribution in [-0.4, -0.2) is 16.9 Å². The smallest absolute Gasteiger partial charge is 0.303 e. The van der Waals surface area contributed by atoms with Crippen LogP contribution in [0, 0.1) is 17.8 Å². The van der Waals surface area contributed by atoms with Crippen molar-refractivity contribution in [1.29, 1.82) is 0 Å². The number of rotatable bonds is 4. The minimum absolute atomic E-state index is 0.0190. The molecule has 0 aromatic carbocycles. The van der Waals surface area contributed by atoms with Crippen LogP contribution in [-0.2, 0) is 9.59 Å². The quantitative estimate of drug-likeness (QED) is 0.724. The number of carboxylic acid groups (broad SMARTS) is 1. The zero-order valence-corrected chi connectivity index (χ0v) is 9.27. The monoisotopic (exact) mass is 210 g/mol. The molecule has 1 N–H and O–H groups in total. The third-order valence-corrected chi connectivity index (χ3v) is 3.30. The number of carbonyl (C=O) groups is 2. The number of hydrogen-bond donors (Lipinski definition) is 1. The second-order valence-electron chi connectivity index (χ2n) is 4.29. The molecule has 1 rings (SSSR count). The van der Waals surface area contributed by atoms with Gasteiger partial charge in [0.2, 0.25) is 0 Å². The van der Waals surface area contributed by atoms with E-state index in [1.807, 2.05) is 26.0 Å².